The number of amides is 1. The molecule has 1 amide bonds. The molecule has 5 heteroatoms. The van der Waals surface area contributed by atoms with Crippen molar-refractivity contribution < 1.29 is 4.79 Å². The van der Waals surface area contributed by atoms with Crippen molar-refractivity contribution in [3.05, 3.63) is 28.8 Å². The maximum atomic E-state index is 11.6. The van der Waals surface area contributed by atoms with E-state index < -0.39 is 5.54 Å². The minimum atomic E-state index is -0.958. The van der Waals surface area contributed by atoms with Gasteiger partial charge in [0, 0.05) is 5.69 Å². The Balaban J connectivity index is 2.89. The minimum absolute atomic E-state index is 0.301. The van der Waals surface area contributed by atoms with Gasteiger partial charge in [-0.05, 0) is 32.0 Å². The fraction of sp³-hybridized carbons (Fsp3) is 0.273. The molecule has 0 unspecified atom stereocenters. The molecule has 0 spiro atoms. The van der Waals surface area contributed by atoms with Crippen molar-refractivity contribution in [1.82, 2.24) is 0 Å². The highest BCUT2D eigenvalue weighted by atomic mass is 35.5. The zero-order valence-electron chi connectivity index (χ0n) is 9.04. The predicted octanol–water partition coefficient (Wildman–Crippen LogP) is 1.89. The summed E-state index contributed by atoms with van der Waals surface area (Å²) in [5.41, 5.74) is 5.55. The van der Waals surface area contributed by atoms with Gasteiger partial charge in [-0.2, -0.15) is 5.26 Å². The number of carbonyl (C=O) groups excluding carboxylic acids is 1. The van der Waals surface area contributed by atoms with E-state index in [1.165, 1.54) is 6.07 Å². The molecule has 0 aromatic heterocycles. The number of rotatable bonds is 2. The third kappa shape index (κ3) is 2.96. The number of nitrogens with two attached hydrogens (primary N) is 1. The molecule has 3 N–H and O–H groups in total. The van der Waals surface area contributed by atoms with Gasteiger partial charge in [-0.15, -0.1) is 0 Å². The molecule has 1 rings (SSSR count). The van der Waals surface area contributed by atoms with E-state index in [9.17, 15) is 4.79 Å². The molecule has 4 nitrogen and oxygen atoms in total. The summed E-state index contributed by atoms with van der Waals surface area (Å²) in [6.45, 7) is 3.21. The second-order valence-electron chi connectivity index (χ2n) is 3.98. The van der Waals surface area contributed by atoms with Crippen molar-refractivity contribution in [1.29, 1.82) is 5.26 Å². The summed E-state index contributed by atoms with van der Waals surface area (Å²) >= 11 is 5.82. The van der Waals surface area contributed by atoms with Crippen molar-refractivity contribution in [3.63, 3.8) is 0 Å². The van der Waals surface area contributed by atoms with Crippen LogP contribution in [-0.4, -0.2) is 11.4 Å². The van der Waals surface area contributed by atoms with Crippen molar-refractivity contribution in [3.8, 4) is 6.07 Å². The number of hydrogen-bond donors (Lipinski definition) is 2. The van der Waals surface area contributed by atoms with Gasteiger partial charge in [0.15, 0.2) is 0 Å². The highest BCUT2D eigenvalue weighted by Crippen LogP contribution is 2.20. The molecule has 0 saturated heterocycles. The van der Waals surface area contributed by atoms with Crippen molar-refractivity contribution in [2.45, 2.75) is 19.4 Å². The second-order valence-corrected chi connectivity index (χ2v) is 4.39. The van der Waals surface area contributed by atoms with E-state index in [-0.39, 0.29) is 5.91 Å². The van der Waals surface area contributed by atoms with Crippen LogP contribution >= 0.6 is 11.6 Å². The third-order valence-corrected chi connectivity index (χ3v) is 2.25. The molecule has 0 heterocycles. The van der Waals surface area contributed by atoms with Gasteiger partial charge in [-0.3, -0.25) is 4.79 Å². The largest absolute Gasteiger partial charge is 0.324 e. The van der Waals surface area contributed by atoms with Crippen LogP contribution in [0.1, 0.15) is 19.4 Å². The predicted molar refractivity (Wildman–Crippen MR) is 63.1 cm³/mol. The molecule has 1 aromatic rings. The standard InChI is InChI=1S/C11H12ClN3O/c1-11(2,14)10(16)15-8-4-3-7(6-13)9(12)5-8/h3-5H,14H2,1-2H3,(H,15,16). The van der Waals surface area contributed by atoms with Crippen LogP contribution in [0.15, 0.2) is 18.2 Å². The van der Waals surface area contributed by atoms with E-state index in [0.717, 1.165) is 0 Å². The van der Waals surface area contributed by atoms with Gasteiger partial charge in [0.05, 0.1) is 16.1 Å². The fourth-order valence-corrected chi connectivity index (χ4v) is 1.20. The highest BCUT2D eigenvalue weighted by molar-refractivity contribution is 6.32. The lowest BCUT2D eigenvalue weighted by molar-refractivity contribution is -0.120. The first-order chi connectivity index (χ1) is 7.34. The molecule has 0 saturated carbocycles. The number of anilines is 1. The molecule has 0 bridgehead atoms. The van der Waals surface area contributed by atoms with Gasteiger partial charge in [-0.25, -0.2) is 0 Å². The van der Waals surface area contributed by atoms with Gasteiger partial charge in [0.25, 0.3) is 0 Å². The summed E-state index contributed by atoms with van der Waals surface area (Å²) in [5, 5.41) is 11.6. The van der Waals surface area contributed by atoms with E-state index in [4.69, 9.17) is 22.6 Å². The molecule has 84 valence electrons. The van der Waals surface area contributed by atoms with Gasteiger partial charge >= 0.3 is 0 Å². The van der Waals surface area contributed by atoms with Crippen LogP contribution in [0.5, 0.6) is 0 Å². The first kappa shape index (κ1) is 12.5. The Morgan fingerprint density at radius 2 is 2.19 bits per heavy atom. The van der Waals surface area contributed by atoms with Crippen LogP contribution in [0, 0.1) is 11.3 Å². The van der Waals surface area contributed by atoms with E-state index in [1.54, 1.807) is 26.0 Å². The average Bonchev–Trinajstić information content (AvgIpc) is 2.16. The van der Waals surface area contributed by atoms with Crippen molar-refractivity contribution in [2.24, 2.45) is 5.73 Å². The monoisotopic (exact) mass is 237 g/mol. The molecule has 0 fully saturated rings. The number of hydrogen-bond acceptors (Lipinski definition) is 3. The topological polar surface area (TPSA) is 78.9 Å². The summed E-state index contributed by atoms with van der Waals surface area (Å²) in [7, 11) is 0. The zero-order valence-corrected chi connectivity index (χ0v) is 9.80. The Morgan fingerprint density at radius 3 is 2.62 bits per heavy atom. The number of carbonyl (C=O) groups is 1. The van der Waals surface area contributed by atoms with Crippen LogP contribution in [0.2, 0.25) is 5.02 Å². The summed E-state index contributed by atoms with van der Waals surface area (Å²) in [6.07, 6.45) is 0. The Kier molecular flexibility index (Phi) is 3.53. The SMILES string of the molecule is CC(C)(N)C(=O)Nc1ccc(C#N)c(Cl)c1. The summed E-state index contributed by atoms with van der Waals surface area (Å²) < 4.78 is 0. The quantitative estimate of drug-likeness (QED) is 0.824. The lowest BCUT2D eigenvalue weighted by Crippen LogP contribution is -2.45. The number of nitrogens with zero attached hydrogens (tertiary/aromatic N) is 1. The molecule has 1 aromatic carbocycles. The van der Waals surface area contributed by atoms with Crippen LogP contribution in [0.3, 0.4) is 0 Å². The highest BCUT2D eigenvalue weighted by Gasteiger charge is 2.21. The average molecular weight is 238 g/mol. The summed E-state index contributed by atoms with van der Waals surface area (Å²) in [6, 6.07) is 6.60. The van der Waals surface area contributed by atoms with E-state index in [0.29, 0.717) is 16.3 Å². The van der Waals surface area contributed by atoms with Crippen LogP contribution in [-0.2, 0) is 4.79 Å². The van der Waals surface area contributed by atoms with E-state index in [2.05, 4.69) is 5.32 Å². The third-order valence-electron chi connectivity index (χ3n) is 1.93. The first-order valence-corrected chi connectivity index (χ1v) is 5.02. The van der Waals surface area contributed by atoms with Gasteiger partial charge < -0.3 is 11.1 Å². The zero-order chi connectivity index (χ0) is 12.3. The summed E-state index contributed by atoms with van der Waals surface area (Å²) in [4.78, 5) is 11.6. The molecule has 0 aliphatic rings. The molecule has 16 heavy (non-hydrogen) atoms. The Bertz CT molecular complexity index is 457. The maximum Gasteiger partial charge on any atom is 0.243 e. The maximum absolute atomic E-state index is 11.6. The lowest BCUT2D eigenvalue weighted by atomic mass is 10.1. The molecular weight excluding hydrogens is 226 g/mol. The number of benzene rings is 1. The molecule has 0 atom stereocenters. The Morgan fingerprint density at radius 1 is 1.56 bits per heavy atom. The molecule has 0 aliphatic heterocycles. The van der Waals surface area contributed by atoms with E-state index in [1.807, 2.05) is 6.07 Å². The van der Waals surface area contributed by atoms with Crippen LogP contribution in [0.4, 0.5) is 5.69 Å². The normalized spacial score (nSPS) is 10.7. The fourth-order valence-electron chi connectivity index (χ4n) is 0.976. The Hall–Kier alpha value is -1.57. The molecular formula is C11H12ClN3O. The van der Waals surface area contributed by atoms with Gasteiger partial charge in [0.2, 0.25) is 5.91 Å². The molecule has 0 radical (unpaired) electrons. The van der Waals surface area contributed by atoms with Crippen molar-refractivity contribution >= 4 is 23.2 Å². The summed E-state index contributed by atoms with van der Waals surface area (Å²) in [5.74, 6) is -0.312. The van der Waals surface area contributed by atoms with E-state index >= 15 is 0 Å². The second kappa shape index (κ2) is 4.52. The number of nitriles is 1. The van der Waals surface area contributed by atoms with Gasteiger partial charge in [-0.1, -0.05) is 11.6 Å². The van der Waals surface area contributed by atoms with Gasteiger partial charge in [0.1, 0.15) is 6.07 Å². The van der Waals surface area contributed by atoms with Crippen LogP contribution < -0.4 is 11.1 Å². The number of nitrogens with one attached hydrogen (secondary N) is 1. The van der Waals surface area contributed by atoms with Crippen molar-refractivity contribution in [2.75, 3.05) is 5.32 Å². The smallest absolute Gasteiger partial charge is 0.243 e. The first-order valence-electron chi connectivity index (χ1n) is 4.64. The number of halogens is 1. The molecule has 0 aliphatic carbocycles. The Labute approximate surface area is 99.0 Å². The lowest BCUT2D eigenvalue weighted by Gasteiger charge is -2.17. The minimum Gasteiger partial charge on any atom is -0.324 e. The van der Waals surface area contributed by atoms with Crippen LogP contribution in [0.25, 0.3) is 0 Å².